The highest BCUT2D eigenvalue weighted by Gasteiger charge is 2.08. The number of halogens is 1. The van der Waals surface area contributed by atoms with Crippen LogP contribution in [0.25, 0.3) is 0 Å². The largest absolute Gasteiger partial charge is 0.448 e. The minimum atomic E-state index is -3.31. The fourth-order valence-corrected chi connectivity index (χ4v) is 2.02. The van der Waals surface area contributed by atoms with Crippen LogP contribution in [0.5, 0.6) is 0 Å². The Kier molecular flexibility index (Phi) is 6.60. The average Bonchev–Trinajstić information content (AvgIpc) is 2.09. The van der Waals surface area contributed by atoms with Gasteiger partial charge >= 0.3 is 6.09 Å². The number of ether oxygens (including phenoxy) is 1. The molecule has 0 rings (SSSR count). The van der Waals surface area contributed by atoms with Crippen LogP contribution in [-0.4, -0.2) is 39.3 Å². The summed E-state index contributed by atoms with van der Waals surface area (Å²) in [6.45, 7) is -0.0526. The van der Waals surface area contributed by atoms with Crippen LogP contribution in [0.15, 0.2) is 0 Å². The first kappa shape index (κ1) is 13.5. The summed E-state index contributed by atoms with van der Waals surface area (Å²) < 4.78 is 28.7. The molecule has 0 saturated heterocycles. The number of nitrogens with two attached hydrogens (primary N) is 1. The summed E-state index contributed by atoms with van der Waals surface area (Å²) in [7, 11) is -3.31. The first-order valence-corrected chi connectivity index (χ1v) is 6.12. The van der Waals surface area contributed by atoms with E-state index in [0.29, 0.717) is 12.3 Å². The quantitative estimate of drug-likeness (QED) is 0.472. The molecule has 14 heavy (non-hydrogen) atoms. The molecule has 0 radical (unpaired) electrons. The van der Waals surface area contributed by atoms with Gasteiger partial charge in [-0.1, -0.05) is 0 Å². The Labute approximate surface area is 87.8 Å². The molecule has 0 spiro atoms. The lowest BCUT2D eigenvalue weighted by atomic mass is 10.6. The number of carbonyl (C=O) groups excluding carboxylic acids is 1. The molecule has 0 aliphatic rings. The van der Waals surface area contributed by atoms with Gasteiger partial charge in [0.25, 0.3) is 0 Å². The highest BCUT2D eigenvalue weighted by atomic mass is 35.5. The van der Waals surface area contributed by atoms with Crippen molar-refractivity contribution in [2.24, 2.45) is 5.73 Å². The highest BCUT2D eigenvalue weighted by Crippen LogP contribution is 1.91. The van der Waals surface area contributed by atoms with Crippen LogP contribution in [0.3, 0.4) is 0 Å². The van der Waals surface area contributed by atoms with Crippen molar-refractivity contribution >= 4 is 27.7 Å². The van der Waals surface area contributed by atoms with E-state index in [2.05, 4.69) is 15.2 Å². The van der Waals surface area contributed by atoms with E-state index in [0.717, 1.165) is 0 Å². The third-order valence-electron chi connectivity index (χ3n) is 1.22. The second kappa shape index (κ2) is 6.86. The Morgan fingerprint density at radius 2 is 2.14 bits per heavy atom. The van der Waals surface area contributed by atoms with E-state index in [1.54, 1.807) is 0 Å². The summed E-state index contributed by atoms with van der Waals surface area (Å²) in [5.74, 6) is 0.256. The monoisotopic (exact) mass is 244 g/mol. The van der Waals surface area contributed by atoms with Gasteiger partial charge < -0.3 is 10.5 Å². The molecular weight excluding hydrogens is 232 g/mol. The minimum Gasteiger partial charge on any atom is -0.448 e. The van der Waals surface area contributed by atoms with Gasteiger partial charge in [0.2, 0.25) is 10.0 Å². The minimum absolute atomic E-state index is 0.0214. The average molecular weight is 245 g/mol. The van der Waals surface area contributed by atoms with Crippen LogP contribution >= 0.6 is 11.6 Å². The number of hydrogen-bond donors (Lipinski definition) is 2. The third-order valence-corrected chi connectivity index (χ3v) is 2.95. The van der Waals surface area contributed by atoms with E-state index >= 15 is 0 Å². The molecule has 8 heteroatoms. The Morgan fingerprint density at radius 1 is 1.50 bits per heavy atom. The van der Waals surface area contributed by atoms with Gasteiger partial charge in [-0.3, -0.25) is 0 Å². The first-order valence-electron chi connectivity index (χ1n) is 3.93. The fourth-order valence-electron chi connectivity index (χ4n) is 0.666. The van der Waals surface area contributed by atoms with Crippen LogP contribution in [0.4, 0.5) is 4.79 Å². The molecule has 1 amide bonds. The SMILES string of the molecule is NC(=O)OCCNS(=O)(=O)CCCCl. The molecular formula is C6H13ClN2O4S. The normalized spacial score (nSPS) is 11.2. The summed E-state index contributed by atoms with van der Waals surface area (Å²) in [6.07, 6.45) is -0.543. The van der Waals surface area contributed by atoms with Crippen LogP contribution in [0.2, 0.25) is 0 Å². The summed E-state index contributed by atoms with van der Waals surface area (Å²) in [6, 6.07) is 0. The second-order valence-electron chi connectivity index (χ2n) is 2.42. The molecule has 0 aliphatic carbocycles. The van der Waals surface area contributed by atoms with Crippen molar-refractivity contribution in [2.75, 3.05) is 24.8 Å². The molecule has 6 nitrogen and oxygen atoms in total. The Morgan fingerprint density at radius 3 is 2.64 bits per heavy atom. The molecule has 0 aromatic rings. The van der Waals surface area contributed by atoms with E-state index < -0.39 is 16.1 Å². The zero-order chi connectivity index (χ0) is 11.0. The maximum Gasteiger partial charge on any atom is 0.404 e. The molecule has 0 heterocycles. The number of primary amides is 1. The zero-order valence-electron chi connectivity index (χ0n) is 7.53. The van der Waals surface area contributed by atoms with E-state index in [-0.39, 0.29) is 18.9 Å². The van der Waals surface area contributed by atoms with Crippen molar-refractivity contribution in [3.05, 3.63) is 0 Å². The summed E-state index contributed by atoms with van der Waals surface area (Å²) in [5.41, 5.74) is 4.67. The Balaban J connectivity index is 3.61. The van der Waals surface area contributed by atoms with E-state index in [4.69, 9.17) is 11.6 Å². The van der Waals surface area contributed by atoms with Crippen LogP contribution in [-0.2, 0) is 14.8 Å². The standard InChI is InChI=1S/C6H13ClN2O4S/c7-2-1-5-14(11,12)9-3-4-13-6(8)10/h9H,1-5H2,(H2,8,10). The van der Waals surface area contributed by atoms with Crippen molar-refractivity contribution < 1.29 is 17.9 Å². The van der Waals surface area contributed by atoms with Gasteiger partial charge in [0, 0.05) is 12.4 Å². The molecule has 3 N–H and O–H groups in total. The molecule has 84 valence electrons. The lowest BCUT2D eigenvalue weighted by Crippen LogP contribution is -2.31. The number of rotatable bonds is 7. The van der Waals surface area contributed by atoms with Crippen LogP contribution in [0.1, 0.15) is 6.42 Å². The topological polar surface area (TPSA) is 98.5 Å². The fraction of sp³-hybridized carbons (Fsp3) is 0.833. The van der Waals surface area contributed by atoms with Crippen LogP contribution < -0.4 is 10.5 Å². The highest BCUT2D eigenvalue weighted by molar-refractivity contribution is 7.89. The molecule has 0 saturated carbocycles. The first-order chi connectivity index (χ1) is 6.48. The maximum atomic E-state index is 11.1. The van der Waals surface area contributed by atoms with Crippen molar-refractivity contribution in [3.63, 3.8) is 0 Å². The van der Waals surface area contributed by atoms with Gasteiger partial charge in [-0.15, -0.1) is 11.6 Å². The number of hydrogen-bond acceptors (Lipinski definition) is 4. The van der Waals surface area contributed by atoms with Crippen molar-refractivity contribution in [2.45, 2.75) is 6.42 Å². The predicted octanol–water partition coefficient (Wildman–Crippen LogP) is -0.370. The molecule has 0 atom stereocenters. The maximum absolute atomic E-state index is 11.1. The number of sulfonamides is 1. The van der Waals surface area contributed by atoms with Crippen molar-refractivity contribution in [1.82, 2.24) is 4.72 Å². The summed E-state index contributed by atoms with van der Waals surface area (Å²) in [4.78, 5) is 10.1. The van der Waals surface area contributed by atoms with E-state index in [9.17, 15) is 13.2 Å². The van der Waals surface area contributed by atoms with E-state index in [1.807, 2.05) is 0 Å². The number of alkyl halides is 1. The predicted molar refractivity (Wildman–Crippen MR) is 52.7 cm³/mol. The van der Waals surface area contributed by atoms with Gasteiger partial charge in [0.1, 0.15) is 6.61 Å². The molecule has 0 aromatic heterocycles. The van der Waals surface area contributed by atoms with Gasteiger partial charge in [-0.2, -0.15) is 0 Å². The van der Waals surface area contributed by atoms with Gasteiger partial charge in [-0.25, -0.2) is 17.9 Å². The van der Waals surface area contributed by atoms with Crippen LogP contribution in [0, 0.1) is 0 Å². The van der Waals surface area contributed by atoms with Crippen molar-refractivity contribution in [3.8, 4) is 0 Å². The number of nitrogens with one attached hydrogen (secondary N) is 1. The molecule has 0 unspecified atom stereocenters. The Bertz CT molecular complexity index is 267. The Hall–Kier alpha value is -0.530. The summed E-state index contributed by atoms with van der Waals surface area (Å²) >= 11 is 5.33. The van der Waals surface area contributed by atoms with Gasteiger partial charge in [0.15, 0.2) is 0 Å². The van der Waals surface area contributed by atoms with E-state index in [1.165, 1.54) is 0 Å². The summed E-state index contributed by atoms with van der Waals surface area (Å²) in [5, 5.41) is 0. The van der Waals surface area contributed by atoms with Gasteiger partial charge in [0.05, 0.1) is 5.75 Å². The van der Waals surface area contributed by atoms with Crippen molar-refractivity contribution in [1.29, 1.82) is 0 Å². The smallest absolute Gasteiger partial charge is 0.404 e. The molecule has 0 aliphatic heterocycles. The zero-order valence-corrected chi connectivity index (χ0v) is 9.10. The molecule has 0 bridgehead atoms. The lowest BCUT2D eigenvalue weighted by Gasteiger charge is -2.05. The molecule has 0 aromatic carbocycles. The number of amides is 1. The lowest BCUT2D eigenvalue weighted by molar-refractivity contribution is 0.159. The molecule has 0 fully saturated rings. The number of carbonyl (C=O) groups is 1. The van der Waals surface area contributed by atoms with Gasteiger partial charge in [-0.05, 0) is 6.42 Å². The third kappa shape index (κ3) is 8.09. The second-order valence-corrected chi connectivity index (χ2v) is 4.73.